The van der Waals surface area contributed by atoms with Gasteiger partial charge < -0.3 is 4.42 Å². The van der Waals surface area contributed by atoms with Crippen molar-refractivity contribution in [3.8, 4) is 66.8 Å². The van der Waals surface area contributed by atoms with Gasteiger partial charge in [-0.25, -0.2) is 0 Å². The molecule has 50 heavy (non-hydrogen) atoms. The largest absolute Gasteiger partial charge is 0.456 e. The van der Waals surface area contributed by atoms with Gasteiger partial charge in [0.1, 0.15) is 11.2 Å². The molecule has 0 N–H and O–H groups in total. The third kappa shape index (κ3) is 4.13. The van der Waals surface area contributed by atoms with Gasteiger partial charge in [0.15, 0.2) is 0 Å². The van der Waals surface area contributed by atoms with Crippen molar-refractivity contribution in [2.45, 2.75) is 0 Å². The van der Waals surface area contributed by atoms with Crippen molar-refractivity contribution in [1.82, 2.24) is 0 Å². The van der Waals surface area contributed by atoms with Gasteiger partial charge >= 0.3 is 0 Å². The summed E-state index contributed by atoms with van der Waals surface area (Å²) in [5, 5.41) is 4.93. The molecular formula is C48H28OS. The molecule has 0 fully saturated rings. The summed E-state index contributed by atoms with van der Waals surface area (Å²) in [4.78, 5) is 0. The third-order valence-electron chi connectivity index (χ3n) is 10.5. The Hall–Kier alpha value is -6.22. The predicted molar refractivity (Wildman–Crippen MR) is 213 cm³/mol. The number of hydrogen-bond acceptors (Lipinski definition) is 2. The number of fused-ring (bicyclic) bond motifs is 14. The Labute approximate surface area is 293 Å². The van der Waals surface area contributed by atoms with Gasteiger partial charge in [-0.05, 0) is 115 Å². The fraction of sp³-hybridized carbons (Fsp3) is 0. The molecule has 10 aromatic rings. The lowest BCUT2D eigenvalue weighted by molar-refractivity contribution is 0.669. The highest BCUT2D eigenvalue weighted by molar-refractivity contribution is 7.25. The number of hydrogen-bond donors (Lipinski definition) is 0. The van der Waals surface area contributed by atoms with Crippen LogP contribution in [0.3, 0.4) is 0 Å². The van der Waals surface area contributed by atoms with Crippen molar-refractivity contribution in [3.05, 3.63) is 170 Å². The maximum absolute atomic E-state index is 6.17. The molecule has 0 saturated heterocycles. The van der Waals surface area contributed by atoms with Gasteiger partial charge in [-0.3, -0.25) is 0 Å². The lowest BCUT2D eigenvalue weighted by Crippen LogP contribution is -1.98. The minimum atomic E-state index is 0.915. The van der Waals surface area contributed by atoms with Gasteiger partial charge in [0, 0.05) is 30.9 Å². The van der Waals surface area contributed by atoms with E-state index in [1.165, 1.54) is 86.9 Å². The van der Waals surface area contributed by atoms with Gasteiger partial charge in [-0.2, -0.15) is 0 Å². The third-order valence-corrected chi connectivity index (χ3v) is 11.6. The Morgan fingerprint density at radius 2 is 0.720 bits per heavy atom. The van der Waals surface area contributed by atoms with Gasteiger partial charge in [0.25, 0.3) is 0 Å². The molecule has 0 radical (unpaired) electrons. The molecule has 0 atom stereocenters. The molecule has 8 aromatic carbocycles. The second kappa shape index (κ2) is 10.6. The first-order chi connectivity index (χ1) is 24.8. The fourth-order valence-corrected chi connectivity index (χ4v) is 9.17. The van der Waals surface area contributed by atoms with Crippen LogP contribution in [0.1, 0.15) is 0 Å². The molecule has 1 nitrogen and oxygen atoms in total. The van der Waals surface area contributed by atoms with E-state index in [1.54, 1.807) is 0 Å². The van der Waals surface area contributed by atoms with E-state index in [1.807, 2.05) is 23.5 Å². The minimum absolute atomic E-state index is 0.915. The van der Waals surface area contributed by atoms with Crippen LogP contribution in [0.4, 0.5) is 0 Å². The Kier molecular flexibility index (Phi) is 5.89. The van der Waals surface area contributed by atoms with Gasteiger partial charge in [-0.15, -0.1) is 11.3 Å². The monoisotopic (exact) mass is 652 g/mol. The summed E-state index contributed by atoms with van der Waals surface area (Å²) in [6.45, 7) is 0. The summed E-state index contributed by atoms with van der Waals surface area (Å²) in [6.07, 6.45) is 0. The molecule has 0 aliphatic heterocycles. The molecule has 0 unspecified atom stereocenters. The molecule has 2 heterocycles. The van der Waals surface area contributed by atoms with Crippen LogP contribution in [-0.2, 0) is 0 Å². The van der Waals surface area contributed by atoms with Crippen LogP contribution in [0.25, 0.3) is 109 Å². The lowest BCUT2D eigenvalue weighted by Gasteiger charge is -2.24. The zero-order valence-electron chi connectivity index (χ0n) is 27.0. The van der Waals surface area contributed by atoms with Crippen LogP contribution in [0, 0.1) is 0 Å². The van der Waals surface area contributed by atoms with Crippen molar-refractivity contribution >= 4 is 53.4 Å². The number of thiophene rings is 1. The number of furan rings is 1. The fourth-order valence-electron chi connectivity index (χ4n) is 8.08. The van der Waals surface area contributed by atoms with Crippen molar-refractivity contribution in [2.75, 3.05) is 0 Å². The molecular weight excluding hydrogens is 625 g/mol. The number of para-hydroxylation sites is 1. The molecule has 2 aromatic heterocycles. The van der Waals surface area contributed by atoms with E-state index in [9.17, 15) is 0 Å². The molecule has 11 rings (SSSR count). The SMILES string of the molecule is c1ccc2c(c1)-c1ccccc1-c1cc(-c3ccc4sc5ccccc5c4c3)ccc1-c1cc(-c3ccc4oc5ccccc5c4c3)ccc1-2. The summed E-state index contributed by atoms with van der Waals surface area (Å²) in [6, 6.07) is 62.4. The molecule has 232 valence electrons. The smallest absolute Gasteiger partial charge is 0.135 e. The van der Waals surface area contributed by atoms with E-state index in [0.717, 1.165) is 21.9 Å². The van der Waals surface area contributed by atoms with E-state index >= 15 is 0 Å². The predicted octanol–water partition coefficient (Wildman–Crippen LogP) is 14.3. The minimum Gasteiger partial charge on any atom is -0.456 e. The second-order valence-corrected chi connectivity index (χ2v) is 14.3. The quantitative estimate of drug-likeness (QED) is 0.181. The molecule has 1 aliphatic rings. The first kappa shape index (κ1) is 27.7. The zero-order valence-corrected chi connectivity index (χ0v) is 27.8. The summed E-state index contributed by atoms with van der Waals surface area (Å²) < 4.78 is 8.83. The van der Waals surface area contributed by atoms with Crippen LogP contribution < -0.4 is 0 Å². The van der Waals surface area contributed by atoms with E-state index < -0.39 is 0 Å². The lowest BCUT2D eigenvalue weighted by atomic mass is 9.79. The van der Waals surface area contributed by atoms with Crippen molar-refractivity contribution in [3.63, 3.8) is 0 Å². The average molecular weight is 653 g/mol. The summed E-state index contributed by atoms with van der Waals surface area (Å²) >= 11 is 1.87. The summed E-state index contributed by atoms with van der Waals surface area (Å²) in [5.41, 5.74) is 16.6. The average Bonchev–Trinajstić information content (AvgIpc) is 3.75. The van der Waals surface area contributed by atoms with Crippen LogP contribution in [-0.4, -0.2) is 0 Å². The van der Waals surface area contributed by atoms with Crippen molar-refractivity contribution in [1.29, 1.82) is 0 Å². The Morgan fingerprint density at radius 1 is 0.280 bits per heavy atom. The topological polar surface area (TPSA) is 13.1 Å². The highest BCUT2D eigenvalue weighted by Gasteiger charge is 2.23. The molecule has 1 aliphatic carbocycles. The van der Waals surface area contributed by atoms with E-state index in [-0.39, 0.29) is 0 Å². The normalized spacial score (nSPS) is 12.0. The summed E-state index contributed by atoms with van der Waals surface area (Å²) in [7, 11) is 0. The molecule has 0 bridgehead atoms. The Balaban J connectivity index is 1.15. The van der Waals surface area contributed by atoms with Crippen molar-refractivity contribution < 1.29 is 4.42 Å². The Bertz CT molecular complexity index is 2850. The summed E-state index contributed by atoms with van der Waals surface area (Å²) in [5.74, 6) is 0. The second-order valence-electron chi connectivity index (χ2n) is 13.2. The number of rotatable bonds is 2. The van der Waals surface area contributed by atoms with Crippen LogP contribution in [0.2, 0.25) is 0 Å². The van der Waals surface area contributed by atoms with E-state index in [0.29, 0.717) is 0 Å². The zero-order chi connectivity index (χ0) is 32.8. The van der Waals surface area contributed by atoms with Crippen LogP contribution in [0.15, 0.2) is 174 Å². The first-order valence-electron chi connectivity index (χ1n) is 17.1. The van der Waals surface area contributed by atoms with Gasteiger partial charge in [0.05, 0.1) is 0 Å². The molecule has 0 spiro atoms. The maximum Gasteiger partial charge on any atom is 0.135 e. The highest BCUT2D eigenvalue weighted by Crippen LogP contribution is 2.50. The van der Waals surface area contributed by atoms with E-state index in [4.69, 9.17) is 4.42 Å². The highest BCUT2D eigenvalue weighted by atomic mass is 32.1. The molecule has 2 heteroatoms. The van der Waals surface area contributed by atoms with Crippen LogP contribution in [0.5, 0.6) is 0 Å². The van der Waals surface area contributed by atoms with Gasteiger partial charge in [0.2, 0.25) is 0 Å². The molecule has 0 saturated carbocycles. The van der Waals surface area contributed by atoms with Crippen LogP contribution >= 0.6 is 11.3 Å². The first-order valence-corrected chi connectivity index (χ1v) is 17.9. The van der Waals surface area contributed by atoms with Crippen molar-refractivity contribution in [2.24, 2.45) is 0 Å². The Morgan fingerprint density at radius 3 is 1.42 bits per heavy atom. The van der Waals surface area contributed by atoms with E-state index in [2.05, 4.69) is 158 Å². The molecule has 0 amide bonds. The van der Waals surface area contributed by atoms with Gasteiger partial charge in [-0.1, -0.05) is 121 Å². The standard InChI is InChI=1S/C48H28OS/c1-2-11-35-33(9-1)34-10-3-4-12-36(34)41-25-30(32-20-24-48-44(28-32)40-14-6-8-16-47(40)50-48)18-22-38(41)42-26-29(17-21-37(35)42)31-19-23-46-43(27-31)39-13-5-7-15-45(39)49-46/h1-28H. The maximum atomic E-state index is 6.17. The number of benzene rings is 8.